The van der Waals surface area contributed by atoms with Crippen LogP contribution in [0.15, 0.2) is 17.5 Å². The summed E-state index contributed by atoms with van der Waals surface area (Å²) in [5.41, 5.74) is 0.250. The predicted molar refractivity (Wildman–Crippen MR) is 108 cm³/mol. The molecule has 2 aliphatic rings. The van der Waals surface area contributed by atoms with Crippen molar-refractivity contribution < 1.29 is 41.7 Å². The number of nitrogens with zero attached hydrogens (tertiary/aromatic N) is 3. The van der Waals surface area contributed by atoms with Crippen LogP contribution < -0.4 is 9.47 Å². The number of hydrogen-bond donors (Lipinski definition) is 0. The quantitative estimate of drug-likeness (QED) is 0.549. The standard InChI is InChI=1S/C20H22F3N3O6S/c1-12-24-15(10-33-12)19-5-6-26(9-16(19)30-11-32-19)18(27)13-3-4-14(17(25-13)28-2)29-7-8-31-20(21,22)23/h3-4,10,16H,5-9,11H2,1-2H3/t16?,19-/m1/s1. The van der Waals surface area contributed by atoms with E-state index in [0.29, 0.717) is 19.5 Å². The van der Waals surface area contributed by atoms with Crippen LogP contribution in [0.1, 0.15) is 27.6 Å². The largest absolute Gasteiger partial charge is 0.522 e. The van der Waals surface area contributed by atoms with Gasteiger partial charge in [0.05, 0.1) is 31.0 Å². The SMILES string of the molecule is COc1nc(C(=O)N2CC[C@]3(c4csc(C)n4)OCOC3C2)ccc1OCCOC(F)(F)F. The maximum atomic E-state index is 13.1. The van der Waals surface area contributed by atoms with E-state index in [4.69, 9.17) is 18.9 Å². The first kappa shape index (κ1) is 23.7. The number of fused-ring (bicyclic) bond motifs is 1. The molecule has 2 atom stereocenters. The molecule has 9 nitrogen and oxygen atoms in total. The molecule has 0 N–H and O–H groups in total. The maximum absolute atomic E-state index is 13.1. The fraction of sp³-hybridized carbons (Fsp3) is 0.550. The summed E-state index contributed by atoms with van der Waals surface area (Å²) in [4.78, 5) is 23.5. The molecule has 33 heavy (non-hydrogen) atoms. The second kappa shape index (κ2) is 9.41. The number of carbonyl (C=O) groups excluding carboxylic acids is 1. The minimum atomic E-state index is -4.74. The third-order valence-corrected chi connectivity index (χ3v) is 6.20. The summed E-state index contributed by atoms with van der Waals surface area (Å²) >= 11 is 1.53. The Morgan fingerprint density at radius 2 is 2.15 bits per heavy atom. The van der Waals surface area contributed by atoms with Crippen molar-refractivity contribution in [3.63, 3.8) is 0 Å². The van der Waals surface area contributed by atoms with Gasteiger partial charge in [-0.3, -0.25) is 9.53 Å². The van der Waals surface area contributed by atoms with Crippen molar-refractivity contribution in [3.8, 4) is 11.6 Å². The Labute approximate surface area is 191 Å². The number of amides is 1. The number of aromatic nitrogens is 2. The fourth-order valence-electron chi connectivity index (χ4n) is 3.86. The van der Waals surface area contributed by atoms with Gasteiger partial charge in [0.2, 0.25) is 0 Å². The number of rotatable bonds is 7. The Hall–Kier alpha value is -2.48. The molecule has 2 aromatic heterocycles. The number of aryl methyl sites for hydroxylation is 1. The molecule has 0 radical (unpaired) electrons. The van der Waals surface area contributed by atoms with Crippen LogP contribution in [-0.2, 0) is 19.8 Å². The van der Waals surface area contributed by atoms with E-state index >= 15 is 0 Å². The van der Waals surface area contributed by atoms with Crippen LogP contribution in [0.4, 0.5) is 13.2 Å². The molecule has 2 aliphatic heterocycles. The van der Waals surface area contributed by atoms with Crippen LogP contribution in [-0.4, -0.2) is 73.4 Å². The highest BCUT2D eigenvalue weighted by Gasteiger charge is 2.52. The Morgan fingerprint density at radius 3 is 2.85 bits per heavy atom. The first-order chi connectivity index (χ1) is 15.7. The molecule has 2 saturated heterocycles. The molecule has 4 rings (SSSR count). The summed E-state index contributed by atoms with van der Waals surface area (Å²) in [7, 11) is 1.32. The van der Waals surface area contributed by atoms with E-state index in [-0.39, 0.29) is 42.7 Å². The summed E-state index contributed by atoms with van der Waals surface area (Å²) in [6, 6.07) is 2.86. The number of piperidine rings is 1. The zero-order valence-electron chi connectivity index (χ0n) is 17.9. The van der Waals surface area contributed by atoms with E-state index in [0.717, 1.165) is 10.7 Å². The highest BCUT2D eigenvalue weighted by molar-refractivity contribution is 7.09. The van der Waals surface area contributed by atoms with Gasteiger partial charge in [0, 0.05) is 18.3 Å². The molecule has 13 heteroatoms. The van der Waals surface area contributed by atoms with E-state index in [1.54, 1.807) is 4.90 Å². The first-order valence-corrected chi connectivity index (χ1v) is 11.0. The van der Waals surface area contributed by atoms with Crippen molar-refractivity contribution in [2.24, 2.45) is 0 Å². The van der Waals surface area contributed by atoms with E-state index in [2.05, 4.69) is 14.7 Å². The number of carbonyl (C=O) groups is 1. The van der Waals surface area contributed by atoms with Gasteiger partial charge < -0.3 is 23.8 Å². The first-order valence-electron chi connectivity index (χ1n) is 10.1. The summed E-state index contributed by atoms with van der Waals surface area (Å²) < 4.78 is 62.0. The highest BCUT2D eigenvalue weighted by Crippen LogP contribution is 2.43. The maximum Gasteiger partial charge on any atom is 0.522 e. The Balaban J connectivity index is 1.42. The van der Waals surface area contributed by atoms with Crippen molar-refractivity contribution in [3.05, 3.63) is 33.9 Å². The molecule has 1 amide bonds. The molecular formula is C20H22F3N3O6S. The van der Waals surface area contributed by atoms with Gasteiger partial charge in [0.15, 0.2) is 5.75 Å². The normalized spacial score (nSPS) is 22.8. The van der Waals surface area contributed by atoms with E-state index in [1.807, 2.05) is 12.3 Å². The number of ether oxygens (including phenoxy) is 5. The Kier molecular flexibility index (Phi) is 6.75. The third-order valence-electron chi connectivity index (χ3n) is 5.43. The van der Waals surface area contributed by atoms with Crippen LogP contribution in [0.25, 0.3) is 0 Å². The Bertz CT molecular complexity index is 1000. The summed E-state index contributed by atoms with van der Waals surface area (Å²) in [6.07, 6.45) is -4.58. The molecule has 0 aromatic carbocycles. The van der Waals surface area contributed by atoms with Gasteiger partial charge in [0.1, 0.15) is 30.8 Å². The van der Waals surface area contributed by atoms with Gasteiger partial charge in [-0.1, -0.05) is 0 Å². The molecule has 0 aliphatic carbocycles. The molecule has 4 heterocycles. The minimum absolute atomic E-state index is 0.0161. The van der Waals surface area contributed by atoms with Crippen molar-refractivity contribution >= 4 is 17.2 Å². The molecule has 1 unspecified atom stereocenters. The van der Waals surface area contributed by atoms with Crippen LogP contribution in [0, 0.1) is 6.92 Å². The predicted octanol–water partition coefficient (Wildman–Crippen LogP) is 2.88. The van der Waals surface area contributed by atoms with Gasteiger partial charge >= 0.3 is 6.36 Å². The molecule has 180 valence electrons. The second-order valence-electron chi connectivity index (χ2n) is 7.41. The fourth-order valence-corrected chi connectivity index (χ4v) is 4.54. The lowest BCUT2D eigenvalue weighted by Gasteiger charge is -2.40. The number of methoxy groups -OCH3 is 1. The number of hydrogen-bond acceptors (Lipinski definition) is 9. The smallest absolute Gasteiger partial charge is 0.486 e. The van der Waals surface area contributed by atoms with Crippen molar-refractivity contribution in [1.29, 1.82) is 0 Å². The second-order valence-corrected chi connectivity index (χ2v) is 8.47. The molecule has 2 aromatic rings. The molecule has 0 saturated carbocycles. The van der Waals surface area contributed by atoms with Gasteiger partial charge in [-0.05, 0) is 19.1 Å². The summed E-state index contributed by atoms with van der Waals surface area (Å²) in [5, 5.41) is 2.88. The van der Waals surface area contributed by atoms with Crippen molar-refractivity contribution in [2.75, 3.05) is 40.2 Å². The van der Waals surface area contributed by atoms with Crippen molar-refractivity contribution in [1.82, 2.24) is 14.9 Å². The number of alkyl halides is 3. The van der Waals surface area contributed by atoms with Crippen LogP contribution in [0.2, 0.25) is 0 Å². The zero-order chi connectivity index (χ0) is 23.6. The van der Waals surface area contributed by atoms with Crippen LogP contribution >= 0.6 is 11.3 Å². The number of likely N-dealkylation sites (tertiary alicyclic amines) is 1. The molecular weight excluding hydrogens is 467 g/mol. The van der Waals surface area contributed by atoms with Gasteiger partial charge in [0.25, 0.3) is 11.8 Å². The monoisotopic (exact) mass is 489 g/mol. The van der Waals surface area contributed by atoms with Crippen molar-refractivity contribution in [2.45, 2.75) is 31.4 Å². The van der Waals surface area contributed by atoms with E-state index < -0.39 is 18.6 Å². The molecule has 0 spiro atoms. The van der Waals surface area contributed by atoms with Gasteiger partial charge in [-0.2, -0.15) is 0 Å². The number of pyridine rings is 1. The summed E-state index contributed by atoms with van der Waals surface area (Å²) in [5.74, 6) is -0.250. The zero-order valence-corrected chi connectivity index (χ0v) is 18.7. The topological polar surface area (TPSA) is 92.2 Å². The molecule has 0 bridgehead atoms. The summed E-state index contributed by atoms with van der Waals surface area (Å²) in [6.45, 7) is 1.70. The minimum Gasteiger partial charge on any atom is -0.486 e. The lowest BCUT2D eigenvalue weighted by molar-refractivity contribution is -0.325. The average molecular weight is 489 g/mol. The average Bonchev–Trinajstić information content (AvgIpc) is 3.42. The number of thiazole rings is 1. The highest BCUT2D eigenvalue weighted by atomic mass is 32.1. The third kappa shape index (κ3) is 5.05. The van der Waals surface area contributed by atoms with Crippen LogP contribution in [0.3, 0.4) is 0 Å². The van der Waals surface area contributed by atoms with E-state index in [9.17, 15) is 18.0 Å². The van der Waals surface area contributed by atoms with Gasteiger partial charge in [-0.25, -0.2) is 9.97 Å². The van der Waals surface area contributed by atoms with Gasteiger partial charge in [-0.15, -0.1) is 24.5 Å². The lowest BCUT2D eigenvalue weighted by Crippen LogP contribution is -2.53. The molecule has 2 fully saturated rings. The van der Waals surface area contributed by atoms with E-state index in [1.165, 1.54) is 30.6 Å². The van der Waals surface area contributed by atoms with Crippen LogP contribution in [0.5, 0.6) is 11.6 Å². The lowest BCUT2D eigenvalue weighted by atomic mass is 9.86. The number of halogens is 3. The Morgan fingerprint density at radius 1 is 1.33 bits per heavy atom.